The Morgan fingerprint density at radius 1 is 1.30 bits per heavy atom. The average Bonchev–Trinajstić information content (AvgIpc) is 3.07. The van der Waals surface area contributed by atoms with Gasteiger partial charge in [0, 0.05) is 30.7 Å². The first-order valence-corrected chi connectivity index (χ1v) is 7.18. The molecule has 0 aliphatic heterocycles. The summed E-state index contributed by atoms with van der Waals surface area (Å²) in [6.07, 6.45) is 6.71. The lowest BCUT2D eigenvalue weighted by Crippen LogP contribution is -2.24. The van der Waals surface area contributed by atoms with Crippen molar-refractivity contribution in [2.45, 2.75) is 6.54 Å². The van der Waals surface area contributed by atoms with Gasteiger partial charge in [-0.3, -0.25) is 9.36 Å². The summed E-state index contributed by atoms with van der Waals surface area (Å²) >= 11 is 5.89. The fraction of sp³-hybridized carbons (Fsp3) is 0.0625. The van der Waals surface area contributed by atoms with E-state index in [9.17, 15) is 9.18 Å². The molecule has 116 valence electrons. The lowest BCUT2D eigenvalue weighted by atomic mass is 10.2. The van der Waals surface area contributed by atoms with E-state index in [1.165, 1.54) is 12.1 Å². The number of hydrogen-bond acceptors (Lipinski definition) is 3. The van der Waals surface area contributed by atoms with Crippen molar-refractivity contribution in [1.29, 1.82) is 0 Å². The number of imidazole rings is 1. The largest absolute Gasteiger partial charge is 0.348 e. The van der Waals surface area contributed by atoms with Gasteiger partial charge >= 0.3 is 0 Å². The fourth-order valence-corrected chi connectivity index (χ4v) is 2.38. The minimum atomic E-state index is -0.485. The van der Waals surface area contributed by atoms with Crippen LogP contribution < -0.4 is 5.32 Å². The SMILES string of the molecule is O=C(NCc1cccnc1-n1ccnc1)c1ccc(F)cc1Cl. The van der Waals surface area contributed by atoms with E-state index in [0.29, 0.717) is 5.82 Å². The maximum Gasteiger partial charge on any atom is 0.253 e. The van der Waals surface area contributed by atoms with Crippen molar-refractivity contribution in [2.24, 2.45) is 0 Å². The van der Waals surface area contributed by atoms with Gasteiger partial charge in [-0.2, -0.15) is 0 Å². The summed E-state index contributed by atoms with van der Waals surface area (Å²) in [7, 11) is 0. The van der Waals surface area contributed by atoms with Crippen LogP contribution in [-0.4, -0.2) is 20.4 Å². The van der Waals surface area contributed by atoms with Crippen LogP contribution in [0, 0.1) is 5.82 Å². The van der Waals surface area contributed by atoms with Gasteiger partial charge in [0.1, 0.15) is 18.0 Å². The molecule has 0 bridgehead atoms. The number of aromatic nitrogens is 3. The molecule has 1 aromatic carbocycles. The van der Waals surface area contributed by atoms with Crippen molar-refractivity contribution in [3.8, 4) is 5.82 Å². The van der Waals surface area contributed by atoms with Crippen LogP contribution in [0.4, 0.5) is 4.39 Å². The molecule has 2 aromatic heterocycles. The van der Waals surface area contributed by atoms with Crippen molar-refractivity contribution < 1.29 is 9.18 Å². The smallest absolute Gasteiger partial charge is 0.253 e. The summed E-state index contributed by atoms with van der Waals surface area (Å²) in [6.45, 7) is 0.258. The van der Waals surface area contributed by atoms with Crippen LogP contribution in [0.2, 0.25) is 5.02 Å². The molecule has 0 atom stereocenters. The first kappa shape index (κ1) is 15.2. The summed E-state index contributed by atoms with van der Waals surface area (Å²) in [5, 5.41) is 2.83. The summed E-state index contributed by atoms with van der Waals surface area (Å²) in [5.74, 6) is -0.188. The van der Waals surface area contributed by atoms with Gasteiger partial charge in [-0.1, -0.05) is 17.7 Å². The molecule has 2 heterocycles. The maximum absolute atomic E-state index is 13.0. The van der Waals surface area contributed by atoms with E-state index >= 15 is 0 Å². The molecule has 3 aromatic rings. The number of nitrogens with zero attached hydrogens (tertiary/aromatic N) is 3. The molecule has 1 N–H and O–H groups in total. The second kappa shape index (κ2) is 6.58. The molecule has 0 saturated carbocycles. The highest BCUT2D eigenvalue weighted by molar-refractivity contribution is 6.33. The Morgan fingerprint density at radius 2 is 2.17 bits per heavy atom. The highest BCUT2D eigenvalue weighted by atomic mass is 35.5. The number of hydrogen-bond donors (Lipinski definition) is 1. The van der Waals surface area contributed by atoms with Crippen molar-refractivity contribution in [1.82, 2.24) is 19.9 Å². The van der Waals surface area contributed by atoms with Crippen LogP contribution in [0.5, 0.6) is 0 Å². The van der Waals surface area contributed by atoms with E-state index in [1.54, 1.807) is 35.6 Å². The number of carbonyl (C=O) groups excluding carboxylic acids is 1. The van der Waals surface area contributed by atoms with Gasteiger partial charge in [0.2, 0.25) is 0 Å². The quantitative estimate of drug-likeness (QED) is 0.800. The molecular weight excluding hydrogens is 319 g/mol. The molecule has 0 aliphatic carbocycles. The molecule has 0 radical (unpaired) electrons. The van der Waals surface area contributed by atoms with Crippen LogP contribution >= 0.6 is 11.6 Å². The molecule has 3 rings (SSSR count). The van der Waals surface area contributed by atoms with Crippen LogP contribution in [0.25, 0.3) is 5.82 Å². The highest BCUT2D eigenvalue weighted by Gasteiger charge is 2.12. The zero-order valence-electron chi connectivity index (χ0n) is 11.9. The van der Waals surface area contributed by atoms with Crippen molar-refractivity contribution in [3.05, 3.63) is 77.2 Å². The fourth-order valence-electron chi connectivity index (χ4n) is 2.13. The monoisotopic (exact) mass is 330 g/mol. The Labute approximate surface area is 136 Å². The summed E-state index contributed by atoms with van der Waals surface area (Å²) in [6, 6.07) is 7.30. The van der Waals surface area contributed by atoms with Crippen LogP contribution in [0.1, 0.15) is 15.9 Å². The van der Waals surface area contributed by atoms with E-state index in [0.717, 1.165) is 11.6 Å². The number of benzene rings is 1. The predicted octanol–water partition coefficient (Wildman–Crippen LogP) is 2.99. The third kappa shape index (κ3) is 3.37. The summed E-state index contributed by atoms with van der Waals surface area (Å²) in [4.78, 5) is 20.5. The van der Waals surface area contributed by atoms with Gasteiger partial charge < -0.3 is 5.32 Å². The van der Waals surface area contributed by atoms with Gasteiger partial charge in [0.15, 0.2) is 0 Å². The standard InChI is InChI=1S/C16H12ClFN4O/c17-14-8-12(18)3-4-13(14)16(23)21-9-11-2-1-5-20-15(11)22-7-6-19-10-22/h1-8,10H,9H2,(H,21,23). The molecule has 0 spiro atoms. The Kier molecular flexibility index (Phi) is 4.34. The minimum Gasteiger partial charge on any atom is -0.348 e. The summed E-state index contributed by atoms with van der Waals surface area (Å²) in [5.41, 5.74) is 1.04. The molecule has 0 saturated heterocycles. The normalized spacial score (nSPS) is 10.5. The molecule has 23 heavy (non-hydrogen) atoms. The molecular formula is C16H12ClFN4O. The second-order valence-electron chi connectivity index (χ2n) is 4.76. The number of halogens is 2. The third-order valence-electron chi connectivity index (χ3n) is 3.23. The van der Waals surface area contributed by atoms with Crippen LogP contribution in [0.3, 0.4) is 0 Å². The molecule has 0 aliphatic rings. The lowest BCUT2D eigenvalue weighted by molar-refractivity contribution is 0.0951. The Morgan fingerprint density at radius 3 is 2.91 bits per heavy atom. The van der Waals surface area contributed by atoms with E-state index in [1.807, 2.05) is 6.07 Å². The Hall–Kier alpha value is -2.73. The predicted molar refractivity (Wildman–Crippen MR) is 83.9 cm³/mol. The zero-order chi connectivity index (χ0) is 16.2. The van der Waals surface area contributed by atoms with Gasteiger partial charge in [0.05, 0.1) is 10.6 Å². The number of rotatable bonds is 4. The van der Waals surface area contributed by atoms with Crippen LogP contribution in [-0.2, 0) is 6.54 Å². The first-order valence-electron chi connectivity index (χ1n) is 6.80. The molecule has 7 heteroatoms. The second-order valence-corrected chi connectivity index (χ2v) is 5.17. The highest BCUT2D eigenvalue weighted by Crippen LogP contribution is 2.17. The molecule has 1 amide bonds. The van der Waals surface area contributed by atoms with E-state index in [4.69, 9.17) is 11.6 Å². The molecule has 5 nitrogen and oxygen atoms in total. The van der Waals surface area contributed by atoms with Gasteiger partial charge in [-0.15, -0.1) is 0 Å². The number of pyridine rings is 1. The van der Waals surface area contributed by atoms with E-state index in [-0.39, 0.29) is 23.0 Å². The van der Waals surface area contributed by atoms with Gasteiger partial charge in [0.25, 0.3) is 5.91 Å². The minimum absolute atomic E-state index is 0.0727. The Balaban J connectivity index is 1.77. The number of carbonyl (C=O) groups is 1. The van der Waals surface area contributed by atoms with Crippen molar-refractivity contribution in [3.63, 3.8) is 0 Å². The zero-order valence-corrected chi connectivity index (χ0v) is 12.7. The third-order valence-corrected chi connectivity index (χ3v) is 3.54. The Bertz CT molecular complexity index is 836. The number of amides is 1. The molecule has 0 unspecified atom stereocenters. The van der Waals surface area contributed by atoms with Crippen molar-refractivity contribution >= 4 is 17.5 Å². The molecule has 0 fully saturated rings. The van der Waals surface area contributed by atoms with Gasteiger partial charge in [-0.25, -0.2) is 14.4 Å². The average molecular weight is 331 g/mol. The van der Waals surface area contributed by atoms with Gasteiger partial charge in [-0.05, 0) is 24.3 Å². The van der Waals surface area contributed by atoms with E-state index < -0.39 is 5.82 Å². The first-order chi connectivity index (χ1) is 11.1. The van der Waals surface area contributed by atoms with Crippen LogP contribution in [0.15, 0.2) is 55.2 Å². The number of nitrogens with one attached hydrogen (secondary N) is 1. The topological polar surface area (TPSA) is 59.8 Å². The van der Waals surface area contributed by atoms with Crippen molar-refractivity contribution in [2.75, 3.05) is 0 Å². The lowest BCUT2D eigenvalue weighted by Gasteiger charge is -2.10. The van der Waals surface area contributed by atoms with E-state index in [2.05, 4.69) is 15.3 Å². The summed E-state index contributed by atoms with van der Waals surface area (Å²) < 4.78 is 14.8. The maximum atomic E-state index is 13.0.